The fourth-order valence-corrected chi connectivity index (χ4v) is 2.79. The van der Waals surface area contributed by atoms with Crippen LogP contribution in [0.3, 0.4) is 0 Å². The lowest BCUT2D eigenvalue weighted by Crippen LogP contribution is -2.25. The van der Waals surface area contributed by atoms with Crippen LogP contribution in [0.5, 0.6) is 0 Å². The quantitative estimate of drug-likeness (QED) is 0.886. The van der Waals surface area contributed by atoms with Crippen molar-refractivity contribution >= 4 is 10.0 Å². The minimum Gasteiger partial charge on any atom is -0.276 e. The summed E-state index contributed by atoms with van der Waals surface area (Å²) in [5.74, 6) is -0.120. The van der Waals surface area contributed by atoms with Crippen molar-refractivity contribution in [1.82, 2.24) is 14.5 Å². The van der Waals surface area contributed by atoms with Crippen molar-refractivity contribution in [3.8, 4) is 6.07 Å². The maximum absolute atomic E-state index is 11.9. The van der Waals surface area contributed by atoms with Gasteiger partial charge in [0.2, 0.25) is 10.0 Å². The molecule has 0 unspecified atom stereocenters. The molecule has 1 aromatic heterocycles. The highest BCUT2D eigenvalue weighted by Crippen LogP contribution is 2.07. The van der Waals surface area contributed by atoms with Gasteiger partial charge in [-0.05, 0) is 23.8 Å². The van der Waals surface area contributed by atoms with E-state index in [-0.39, 0.29) is 12.3 Å². The fraction of sp³-hybridized carbons (Fsp3) is 0.231. The van der Waals surface area contributed by atoms with E-state index in [0.29, 0.717) is 16.8 Å². The van der Waals surface area contributed by atoms with Crippen LogP contribution in [-0.2, 0) is 29.4 Å². The van der Waals surface area contributed by atoms with Crippen molar-refractivity contribution in [1.29, 1.82) is 5.26 Å². The average Bonchev–Trinajstić information content (AvgIpc) is 2.83. The molecule has 0 spiro atoms. The first-order chi connectivity index (χ1) is 9.48. The molecule has 0 bridgehead atoms. The lowest BCUT2D eigenvalue weighted by Gasteiger charge is -2.05. The second-order valence-electron chi connectivity index (χ2n) is 4.37. The number of nitrogens with zero attached hydrogens (tertiary/aromatic N) is 3. The Balaban J connectivity index is 1.98. The van der Waals surface area contributed by atoms with Gasteiger partial charge in [0.25, 0.3) is 0 Å². The molecule has 20 heavy (non-hydrogen) atoms. The van der Waals surface area contributed by atoms with Crippen LogP contribution in [0.4, 0.5) is 0 Å². The molecule has 7 heteroatoms. The number of hydrogen-bond acceptors (Lipinski definition) is 4. The molecule has 1 N–H and O–H groups in total. The zero-order chi connectivity index (χ0) is 14.6. The summed E-state index contributed by atoms with van der Waals surface area (Å²) >= 11 is 0. The second kappa shape index (κ2) is 5.86. The summed E-state index contributed by atoms with van der Waals surface area (Å²) in [6.45, 7) is 0.166. The van der Waals surface area contributed by atoms with Gasteiger partial charge in [-0.3, -0.25) is 4.68 Å². The van der Waals surface area contributed by atoms with Crippen molar-refractivity contribution < 1.29 is 8.42 Å². The Kier molecular flexibility index (Phi) is 4.17. The zero-order valence-corrected chi connectivity index (χ0v) is 11.8. The van der Waals surface area contributed by atoms with Gasteiger partial charge < -0.3 is 0 Å². The van der Waals surface area contributed by atoms with Gasteiger partial charge in [-0.1, -0.05) is 12.1 Å². The van der Waals surface area contributed by atoms with Crippen LogP contribution in [-0.4, -0.2) is 18.2 Å². The van der Waals surface area contributed by atoms with Crippen LogP contribution in [0, 0.1) is 11.3 Å². The van der Waals surface area contributed by atoms with E-state index in [0.717, 1.165) is 0 Å². The Hall–Kier alpha value is -2.17. The summed E-state index contributed by atoms with van der Waals surface area (Å²) < 4.78 is 28.0. The SMILES string of the molecule is Cn1ccc(CNS(=O)(=O)Cc2ccc(C#N)cc2)n1. The molecule has 1 heterocycles. The number of benzene rings is 1. The number of sulfonamides is 1. The van der Waals surface area contributed by atoms with Gasteiger partial charge in [0.15, 0.2) is 0 Å². The summed E-state index contributed by atoms with van der Waals surface area (Å²) in [7, 11) is -1.65. The molecule has 0 saturated carbocycles. The molecule has 0 aliphatic carbocycles. The molecule has 2 rings (SSSR count). The zero-order valence-electron chi connectivity index (χ0n) is 10.9. The fourth-order valence-electron chi connectivity index (χ4n) is 1.69. The Morgan fingerprint density at radius 3 is 2.55 bits per heavy atom. The van der Waals surface area contributed by atoms with Crippen LogP contribution < -0.4 is 4.72 Å². The summed E-state index contributed by atoms with van der Waals surface area (Å²) in [6, 6.07) is 10.2. The minimum atomic E-state index is -3.43. The monoisotopic (exact) mass is 290 g/mol. The number of rotatable bonds is 5. The van der Waals surface area contributed by atoms with Gasteiger partial charge in [0.05, 0.1) is 29.6 Å². The molecule has 104 valence electrons. The van der Waals surface area contributed by atoms with E-state index in [1.807, 2.05) is 6.07 Å². The summed E-state index contributed by atoms with van der Waals surface area (Å²) in [5.41, 5.74) is 1.81. The standard InChI is InChI=1S/C13H14N4O2S/c1-17-7-6-13(16-17)9-15-20(18,19)10-12-4-2-11(8-14)3-5-12/h2-7,15H,9-10H2,1H3. The molecule has 1 aromatic carbocycles. The Morgan fingerprint density at radius 1 is 1.30 bits per heavy atom. The molecule has 0 saturated heterocycles. The van der Waals surface area contributed by atoms with Gasteiger partial charge in [-0.15, -0.1) is 0 Å². The van der Waals surface area contributed by atoms with Crippen LogP contribution >= 0.6 is 0 Å². The molecular formula is C13H14N4O2S. The maximum Gasteiger partial charge on any atom is 0.216 e. The van der Waals surface area contributed by atoms with E-state index < -0.39 is 10.0 Å². The summed E-state index contributed by atoms with van der Waals surface area (Å²) in [5, 5.41) is 12.8. The molecule has 0 aliphatic heterocycles. The van der Waals surface area contributed by atoms with Gasteiger partial charge >= 0.3 is 0 Å². The predicted octanol–water partition coefficient (Wildman–Crippen LogP) is 0.911. The molecule has 0 atom stereocenters. The third kappa shape index (κ3) is 3.91. The Bertz CT molecular complexity index is 726. The van der Waals surface area contributed by atoms with Crippen LogP contribution in [0.2, 0.25) is 0 Å². The van der Waals surface area contributed by atoms with Gasteiger partial charge in [-0.25, -0.2) is 13.1 Å². The van der Waals surface area contributed by atoms with E-state index in [1.54, 1.807) is 48.3 Å². The van der Waals surface area contributed by atoms with Gasteiger partial charge in [0, 0.05) is 13.2 Å². The summed E-state index contributed by atoms with van der Waals surface area (Å²) in [4.78, 5) is 0. The normalized spacial score (nSPS) is 11.2. The average molecular weight is 290 g/mol. The van der Waals surface area contributed by atoms with Crippen molar-refractivity contribution in [3.05, 3.63) is 53.3 Å². The van der Waals surface area contributed by atoms with Crippen LogP contribution in [0.15, 0.2) is 36.5 Å². The highest BCUT2D eigenvalue weighted by molar-refractivity contribution is 7.88. The van der Waals surface area contributed by atoms with Crippen molar-refractivity contribution in [2.75, 3.05) is 0 Å². The molecule has 6 nitrogen and oxygen atoms in total. The number of nitriles is 1. The molecule has 0 aliphatic rings. The lowest BCUT2D eigenvalue weighted by atomic mass is 10.2. The highest BCUT2D eigenvalue weighted by atomic mass is 32.2. The van der Waals surface area contributed by atoms with E-state index >= 15 is 0 Å². The van der Waals surface area contributed by atoms with E-state index in [1.165, 1.54) is 0 Å². The van der Waals surface area contributed by atoms with Gasteiger partial charge in [0.1, 0.15) is 0 Å². The van der Waals surface area contributed by atoms with Crippen molar-refractivity contribution in [3.63, 3.8) is 0 Å². The Labute approximate surface area is 117 Å². The number of aromatic nitrogens is 2. The maximum atomic E-state index is 11.9. The number of hydrogen-bond donors (Lipinski definition) is 1. The molecule has 2 aromatic rings. The molecule has 0 radical (unpaired) electrons. The van der Waals surface area contributed by atoms with Crippen molar-refractivity contribution in [2.45, 2.75) is 12.3 Å². The first-order valence-electron chi connectivity index (χ1n) is 5.93. The number of aryl methyl sites for hydroxylation is 1. The van der Waals surface area contributed by atoms with Crippen LogP contribution in [0.25, 0.3) is 0 Å². The second-order valence-corrected chi connectivity index (χ2v) is 6.18. The third-order valence-electron chi connectivity index (χ3n) is 2.68. The van der Waals surface area contributed by atoms with Crippen LogP contribution in [0.1, 0.15) is 16.8 Å². The Morgan fingerprint density at radius 2 is 2.00 bits per heavy atom. The van der Waals surface area contributed by atoms with E-state index in [4.69, 9.17) is 5.26 Å². The molecular weight excluding hydrogens is 276 g/mol. The van der Waals surface area contributed by atoms with Gasteiger partial charge in [-0.2, -0.15) is 10.4 Å². The van der Waals surface area contributed by atoms with Crippen molar-refractivity contribution in [2.24, 2.45) is 7.05 Å². The lowest BCUT2D eigenvalue weighted by molar-refractivity contribution is 0.578. The minimum absolute atomic E-state index is 0.120. The number of nitrogens with one attached hydrogen (secondary N) is 1. The van der Waals surface area contributed by atoms with E-state index in [2.05, 4.69) is 9.82 Å². The highest BCUT2D eigenvalue weighted by Gasteiger charge is 2.12. The smallest absolute Gasteiger partial charge is 0.216 e. The first kappa shape index (κ1) is 14.2. The third-order valence-corrected chi connectivity index (χ3v) is 3.98. The first-order valence-corrected chi connectivity index (χ1v) is 7.59. The molecule has 0 fully saturated rings. The molecule has 0 amide bonds. The summed E-state index contributed by atoms with van der Waals surface area (Å²) in [6.07, 6.45) is 1.75. The van der Waals surface area contributed by atoms with E-state index in [9.17, 15) is 8.42 Å². The topological polar surface area (TPSA) is 87.8 Å². The predicted molar refractivity (Wildman–Crippen MR) is 73.8 cm³/mol. The largest absolute Gasteiger partial charge is 0.276 e.